The molecule has 1 N–H and O–H groups in total. The van der Waals surface area contributed by atoms with Gasteiger partial charge in [0.15, 0.2) is 11.6 Å². The molecule has 0 amide bonds. The summed E-state index contributed by atoms with van der Waals surface area (Å²) in [5.41, 5.74) is 2.64. The molecule has 2 atom stereocenters. The van der Waals surface area contributed by atoms with Gasteiger partial charge in [0.25, 0.3) is 0 Å². The second kappa shape index (κ2) is 5.18. The molecule has 0 saturated carbocycles. The van der Waals surface area contributed by atoms with E-state index in [0.29, 0.717) is 23.6 Å². The zero-order valence-corrected chi connectivity index (χ0v) is 14.3. The lowest BCUT2D eigenvalue weighted by Gasteiger charge is -2.36. The first-order chi connectivity index (χ1) is 11.4. The average Bonchev–Trinajstić information content (AvgIpc) is 2.57. The molecule has 4 heteroatoms. The van der Waals surface area contributed by atoms with Crippen molar-refractivity contribution in [2.45, 2.75) is 26.7 Å². The van der Waals surface area contributed by atoms with E-state index in [0.717, 1.165) is 5.57 Å². The van der Waals surface area contributed by atoms with Gasteiger partial charge in [-0.1, -0.05) is 47.0 Å². The Hall–Kier alpha value is -2.13. The summed E-state index contributed by atoms with van der Waals surface area (Å²) in [6, 6.07) is 7.06. The number of Topliss-reactive ketones (excluding diaryl/α,β-unsaturated/α-hetero) is 2. The van der Waals surface area contributed by atoms with Gasteiger partial charge in [0.05, 0.1) is 16.1 Å². The molecule has 2 aromatic carbocycles. The predicted octanol–water partition coefficient (Wildman–Crippen LogP) is 4.94. The highest BCUT2D eigenvalue weighted by Crippen LogP contribution is 2.48. The first-order valence-electron chi connectivity index (χ1n) is 8.08. The van der Waals surface area contributed by atoms with E-state index >= 15 is 0 Å². The first-order valence-corrected chi connectivity index (χ1v) is 8.46. The number of phenolic OH excluding ortho intramolecular Hbond substituents is 1. The van der Waals surface area contributed by atoms with E-state index in [9.17, 15) is 14.7 Å². The van der Waals surface area contributed by atoms with E-state index in [1.165, 1.54) is 5.57 Å². The molecule has 0 aliphatic heterocycles. The summed E-state index contributed by atoms with van der Waals surface area (Å²) in [6.07, 6.45) is 1.16. The van der Waals surface area contributed by atoms with Gasteiger partial charge in [-0.25, -0.2) is 0 Å². The van der Waals surface area contributed by atoms with Crippen LogP contribution < -0.4 is 0 Å². The molecule has 0 heterocycles. The van der Waals surface area contributed by atoms with Crippen molar-refractivity contribution >= 4 is 33.9 Å². The fraction of sp³-hybridized carbons (Fsp3) is 0.300. The summed E-state index contributed by atoms with van der Waals surface area (Å²) in [4.78, 5) is 26.2. The maximum atomic E-state index is 13.1. The van der Waals surface area contributed by atoms with Gasteiger partial charge < -0.3 is 5.11 Å². The van der Waals surface area contributed by atoms with Gasteiger partial charge >= 0.3 is 0 Å². The van der Waals surface area contributed by atoms with E-state index < -0.39 is 5.92 Å². The monoisotopic (exact) mass is 340 g/mol. The van der Waals surface area contributed by atoms with Crippen LogP contribution in [0.1, 0.15) is 47.4 Å². The predicted molar refractivity (Wildman–Crippen MR) is 93.9 cm³/mol. The molecule has 0 saturated heterocycles. The van der Waals surface area contributed by atoms with Crippen LogP contribution in [0.2, 0.25) is 5.02 Å². The van der Waals surface area contributed by atoms with Crippen LogP contribution in [-0.2, 0) is 0 Å². The van der Waals surface area contributed by atoms with Gasteiger partial charge in [0.2, 0.25) is 0 Å². The van der Waals surface area contributed by atoms with Crippen LogP contribution in [0.5, 0.6) is 5.75 Å². The molecule has 0 unspecified atom stereocenters. The number of benzene rings is 2. The number of fused-ring (bicyclic) bond motifs is 3. The molecule has 3 nitrogen and oxygen atoms in total. The van der Waals surface area contributed by atoms with E-state index in [-0.39, 0.29) is 39.4 Å². The highest BCUT2D eigenvalue weighted by Gasteiger charge is 2.46. The van der Waals surface area contributed by atoms with Gasteiger partial charge in [-0.2, -0.15) is 0 Å². The summed E-state index contributed by atoms with van der Waals surface area (Å²) in [7, 11) is 0. The molecule has 0 bridgehead atoms. The number of ketones is 2. The minimum Gasteiger partial charge on any atom is -0.507 e. The third kappa shape index (κ3) is 1.91. The lowest BCUT2D eigenvalue weighted by Crippen LogP contribution is -2.39. The second-order valence-corrected chi connectivity index (χ2v) is 7.25. The minimum absolute atomic E-state index is 0.109. The van der Waals surface area contributed by atoms with Crippen LogP contribution in [-0.4, -0.2) is 16.7 Å². The first kappa shape index (κ1) is 15.4. The Morgan fingerprint density at radius 1 is 0.917 bits per heavy atom. The molecule has 122 valence electrons. The number of aromatic hydroxyl groups is 1. The number of carbonyl (C=O) groups is 2. The van der Waals surface area contributed by atoms with Gasteiger partial charge in [0, 0.05) is 22.6 Å². The fourth-order valence-corrected chi connectivity index (χ4v) is 4.42. The van der Waals surface area contributed by atoms with Crippen molar-refractivity contribution in [3.05, 3.63) is 51.6 Å². The van der Waals surface area contributed by atoms with Crippen molar-refractivity contribution in [3.63, 3.8) is 0 Å². The van der Waals surface area contributed by atoms with Crippen molar-refractivity contribution in [2.24, 2.45) is 11.8 Å². The lowest BCUT2D eigenvalue weighted by molar-refractivity contribution is 0.0719. The number of hydrogen-bond acceptors (Lipinski definition) is 3. The Balaban J connectivity index is 2.03. The third-order valence-corrected chi connectivity index (χ3v) is 5.95. The number of hydrogen-bond donors (Lipinski definition) is 1. The maximum Gasteiger partial charge on any atom is 0.171 e. The van der Waals surface area contributed by atoms with Crippen LogP contribution in [0, 0.1) is 11.8 Å². The number of carbonyl (C=O) groups excluding carboxylic acids is 2. The Bertz CT molecular complexity index is 879. The highest BCUT2D eigenvalue weighted by molar-refractivity contribution is 6.41. The number of phenols is 1. The third-order valence-electron chi connectivity index (χ3n) is 5.56. The summed E-state index contributed by atoms with van der Waals surface area (Å²) >= 11 is 6.49. The fourth-order valence-electron chi connectivity index (χ4n) is 4.06. The molecule has 24 heavy (non-hydrogen) atoms. The van der Waals surface area contributed by atoms with Gasteiger partial charge in [0.1, 0.15) is 5.75 Å². The molecule has 0 aromatic heterocycles. The molecular weight excluding hydrogens is 324 g/mol. The van der Waals surface area contributed by atoms with Crippen LogP contribution >= 0.6 is 11.6 Å². The molecule has 0 spiro atoms. The van der Waals surface area contributed by atoms with Crippen LogP contribution in [0.4, 0.5) is 0 Å². The van der Waals surface area contributed by atoms with E-state index in [1.54, 1.807) is 24.3 Å². The summed E-state index contributed by atoms with van der Waals surface area (Å²) in [5, 5.41) is 12.1. The largest absolute Gasteiger partial charge is 0.507 e. The molecular formula is C20H17ClO3. The van der Waals surface area contributed by atoms with E-state index in [1.807, 2.05) is 13.8 Å². The summed E-state index contributed by atoms with van der Waals surface area (Å²) in [6.45, 7) is 4.02. The quantitative estimate of drug-likeness (QED) is 0.691. The molecule has 2 aliphatic rings. The van der Waals surface area contributed by atoms with E-state index in [2.05, 4.69) is 0 Å². The van der Waals surface area contributed by atoms with Gasteiger partial charge in [-0.05, 0) is 26.7 Å². The second-order valence-electron chi connectivity index (χ2n) is 6.87. The smallest absolute Gasteiger partial charge is 0.171 e. The van der Waals surface area contributed by atoms with Crippen molar-refractivity contribution < 1.29 is 14.7 Å². The zero-order valence-electron chi connectivity index (χ0n) is 13.5. The molecule has 2 aliphatic carbocycles. The zero-order chi connectivity index (χ0) is 17.2. The average molecular weight is 341 g/mol. The van der Waals surface area contributed by atoms with Crippen molar-refractivity contribution in [1.82, 2.24) is 0 Å². The Kier molecular flexibility index (Phi) is 3.33. The molecule has 0 radical (unpaired) electrons. The van der Waals surface area contributed by atoms with Crippen molar-refractivity contribution in [1.29, 1.82) is 0 Å². The topological polar surface area (TPSA) is 54.4 Å². The van der Waals surface area contributed by atoms with Crippen LogP contribution in [0.25, 0.3) is 10.8 Å². The molecule has 2 aromatic rings. The van der Waals surface area contributed by atoms with Gasteiger partial charge in [-0.15, -0.1) is 0 Å². The molecule has 4 rings (SSSR count). The van der Waals surface area contributed by atoms with Crippen LogP contribution in [0.3, 0.4) is 0 Å². The Morgan fingerprint density at radius 3 is 2.00 bits per heavy atom. The summed E-state index contributed by atoms with van der Waals surface area (Å²) in [5.74, 6) is -1.16. The van der Waals surface area contributed by atoms with Crippen molar-refractivity contribution in [2.75, 3.05) is 0 Å². The number of halogens is 1. The van der Waals surface area contributed by atoms with Crippen molar-refractivity contribution in [3.8, 4) is 5.75 Å². The SMILES string of the molecule is CC1=C(C)C[C@H]2C(=O)c3c(c(Cl)c4ccccc4c3O)C(=O)[C@H]2C1. The van der Waals surface area contributed by atoms with E-state index in [4.69, 9.17) is 11.6 Å². The molecule has 0 fully saturated rings. The maximum absolute atomic E-state index is 13.1. The number of allylic oxidation sites excluding steroid dienone is 2. The van der Waals surface area contributed by atoms with Gasteiger partial charge in [-0.3, -0.25) is 9.59 Å². The lowest BCUT2D eigenvalue weighted by atomic mass is 9.65. The standard InChI is InChI=1S/C20H17ClO3/c1-9-7-13-14(8-10(9)2)20(24)16-15(19(13)23)17(21)11-5-3-4-6-12(11)18(16)22/h3-6,13-14,22H,7-8H2,1-2H3/t13-,14+/m0/s1. The number of rotatable bonds is 0. The Morgan fingerprint density at radius 2 is 1.42 bits per heavy atom. The van der Waals surface area contributed by atoms with Crippen LogP contribution in [0.15, 0.2) is 35.4 Å². The minimum atomic E-state index is -0.392. The Labute approximate surface area is 144 Å². The highest BCUT2D eigenvalue weighted by atomic mass is 35.5. The summed E-state index contributed by atoms with van der Waals surface area (Å²) < 4.78 is 0. The normalized spacial score (nSPS) is 23.5.